The lowest BCUT2D eigenvalue weighted by atomic mass is 9.97. The number of hydrogen-bond acceptors (Lipinski definition) is 11. The first-order valence-electron chi connectivity index (χ1n) is 10.0. The number of aliphatic hydroxyl groups excluding tert-OH is 3. The van der Waals surface area contributed by atoms with Crippen molar-refractivity contribution in [2.75, 3.05) is 46.8 Å². The topological polar surface area (TPSA) is 167 Å². The summed E-state index contributed by atoms with van der Waals surface area (Å²) in [5.41, 5.74) is 0.706. The average Bonchev–Trinajstić information content (AvgIpc) is 3.20. The lowest BCUT2D eigenvalue weighted by Crippen LogP contribution is -2.64. The number of carbonyl (C=O) groups is 1. The SMILES string of the molecule is COCCn1cc(COCCOCCO[C@@H]2OC(CO)[C@H](O)C(O)C2NC(C)=O)nn1. The molecule has 1 aliphatic rings. The summed E-state index contributed by atoms with van der Waals surface area (Å²) in [6.45, 7) is 3.24. The van der Waals surface area contributed by atoms with Crippen LogP contribution in [0.25, 0.3) is 0 Å². The summed E-state index contributed by atoms with van der Waals surface area (Å²) in [5, 5.41) is 39.9. The molecule has 13 heteroatoms. The van der Waals surface area contributed by atoms with Crippen LogP contribution in [0.2, 0.25) is 0 Å². The summed E-state index contributed by atoms with van der Waals surface area (Å²) < 4.78 is 28.5. The Balaban J connectivity index is 1.62. The van der Waals surface area contributed by atoms with Crippen molar-refractivity contribution >= 4 is 5.91 Å². The number of hydrogen-bond donors (Lipinski definition) is 4. The van der Waals surface area contributed by atoms with Crippen LogP contribution in [0.1, 0.15) is 12.6 Å². The highest BCUT2D eigenvalue weighted by molar-refractivity contribution is 5.73. The van der Waals surface area contributed by atoms with Gasteiger partial charge in [-0.25, -0.2) is 4.68 Å². The largest absolute Gasteiger partial charge is 0.394 e. The Morgan fingerprint density at radius 3 is 2.65 bits per heavy atom. The third kappa shape index (κ3) is 8.38. The Kier molecular flexibility index (Phi) is 11.2. The molecule has 0 aliphatic carbocycles. The first-order chi connectivity index (χ1) is 15.0. The van der Waals surface area contributed by atoms with Crippen LogP contribution in [0, 0.1) is 0 Å². The normalized spacial score (nSPS) is 26.2. The van der Waals surface area contributed by atoms with Crippen LogP contribution in [0.5, 0.6) is 0 Å². The zero-order chi connectivity index (χ0) is 22.6. The number of amides is 1. The van der Waals surface area contributed by atoms with E-state index in [1.54, 1.807) is 18.0 Å². The molecule has 0 aromatic carbocycles. The summed E-state index contributed by atoms with van der Waals surface area (Å²) in [7, 11) is 1.62. The Bertz CT molecular complexity index is 647. The predicted molar refractivity (Wildman–Crippen MR) is 104 cm³/mol. The molecule has 1 aromatic rings. The molecule has 4 N–H and O–H groups in total. The average molecular weight is 448 g/mol. The van der Waals surface area contributed by atoms with Crippen molar-refractivity contribution in [1.82, 2.24) is 20.3 Å². The highest BCUT2D eigenvalue weighted by Gasteiger charge is 2.45. The number of carbonyl (C=O) groups excluding carboxylic acids is 1. The lowest BCUT2D eigenvalue weighted by molar-refractivity contribution is -0.272. The van der Waals surface area contributed by atoms with Crippen molar-refractivity contribution in [2.45, 2.75) is 50.7 Å². The van der Waals surface area contributed by atoms with Gasteiger partial charge in [-0.05, 0) is 0 Å². The second kappa shape index (κ2) is 13.6. The predicted octanol–water partition coefficient (Wildman–Crippen LogP) is -2.58. The van der Waals surface area contributed by atoms with Gasteiger partial charge in [0.2, 0.25) is 5.91 Å². The van der Waals surface area contributed by atoms with Crippen LogP contribution in [0.15, 0.2) is 6.20 Å². The maximum atomic E-state index is 11.4. The number of methoxy groups -OCH3 is 1. The molecule has 1 aromatic heterocycles. The Labute approximate surface area is 180 Å². The minimum absolute atomic E-state index is 0.107. The molecule has 0 radical (unpaired) electrons. The van der Waals surface area contributed by atoms with E-state index in [4.69, 9.17) is 23.7 Å². The van der Waals surface area contributed by atoms with Crippen LogP contribution >= 0.6 is 0 Å². The van der Waals surface area contributed by atoms with Crippen LogP contribution in [0.4, 0.5) is 0 Å². The number of ether oxygens (including phenoxy) is 5. The fraction of sp³-hybridized carbons (Fsp3) is 0.833. The van der Waals surface area contributed by atoms with E-state index < -0.39 is 43.2 Å². The van der Waals surface area contributed by atoms with E-state index in [-0.39, 0.29) is 13.2 Å². The zero-order valence-electron chi connectivity index (χ0n) is 17.8. The summed E-state index contributed by atoms with van der Waals surface area (Å²) in [5.74, 6) is -0.414. The third-order valence-corrected chi connectivity index (χ3v) is 4.49. The molecule has 31 heavy (non-hydrogen) atoms. The van der Waals surface area contributed by atoms with Gasteiger partial charge < -0.3 is 44.3 Å². The highest BCUT2D eigenvalue weighted by atomic mass is 16.7. The van der Waals surface area contributed by atoms with Crippen LogP contribution in [0.3, 0.4) is 0 Å². The molecule has 13 nitrogen and oxygen atoms in total. The Morgan fingerprint density at radius 1 is 1.19 bits per heavy atom. The third-order valence-electron chi connectivity index (χ3n) is 4.49. The highest BCUT2D eigenvalue weighted by Crippen LogP contribution is 2.22. The molecular weight excluding hydrogens is 416 g/mol. The van der Waals surface area contributed by atoms with E-state index in [0.29, 0.717) is 38.7 Å². The monoisotopic (exact) mass is 448 g/mol. The molecule has 1 saturated heterocycles. The summed E-state index contributed by atoms with van der Waals surface area (Å²) >= 11 is 0. The summed E-state index contributed by atoms with van der Waals surface area (Å²) in [6.07, 6.45) is -2.97. The van der Waals surface area contributed by atoms with Crippen molar-refractivity contribution in [3.8, 4) is 0 Å². The molecule has 5 atom stereocenters. The van der Waals surface area contributed by atoms with Crippen LogP contribution in [-0.4, -0.2) is 114 Å². The van der Waals surface area contributed by atoms with E-state index in [1.807, 2.05) is 0 Å². The Morgan fingerprint density at radius 2 is 1.94 bits per heavy atom. The van der Waals surface area contributed by atoms with Crippen molar-refractivity contribution in [1.29, 1.82) is 0 Å². The van der Waals surface area contributed by atoms with Gasteiger partial charge in [0.05, 0.1) is 59.0 Å². The van der Waals surface area contributed by atoms with E-state index in [2.05, 4.69) is 15.6 Å². The smallest absolute Gasteiger partial charge is 0.217 e. The van der Waals surface area contributed by atoms with Crippen molar-refractivity contribution in [3.63, 3.8) is 0 Å². The van der Waals surface area contributed by atoms with E-state index in [0.717, 1.165) is 0 Å². The molecule has 2 rings (SSSR count). The molecule has 1 amide bonds. The molecule has 0 saturated carbocycles. The van der Waals surface area contributed by atoms with Gasteiger partial charge in [-0.3, -0.25) is 4.79 Å². The van der Waals surface area contributed by atoms with Gasteiger partial charge in [-0.15, -0.1) is 5.10 Å². The minimum Gasteiger partial charge on any atom is -0.394 e. The maximum Gasteiger partial charge on any atom is 0.217 e. The second-order valence-electron chi connectivity index (χ2n) is 6.93. The van der Waals surface area contributed by atoms with E-state index >= 15 is 0 Å². The molecule has 3 unspecified atom stereocenters. The van der Waals surface area contributed by atoms with Gasteiger partial charge in [0.15, 0.2) is 6.29 Å². The zero-order valence-corrected chi connectivity index (χ0v) is 17.8. The Hall–Kier alpha value is -1.71. The first-order valence-corrected chi connectivity index (χ1v) is 10.0. The van der Waals surface area contributed by atoms with Gasteiger partial charge in [-0.2, -0.15) is 0 Å². The molecule has 0 bridgehead atoms. The second-order valence-corrected chi connectivity index (χ2v) is 6.93. The maximum absolute atomic E-state index is 11.4. The van der Waals surface area contributed by atoms with E-state index in [9.17, 15) is 20.1 Å². The molecule has 0 spiro atoms. The van der Waals surface area contributed by atoms with Gasteiger partial charge in [-0.1, -0.05) is 5.21 Å². The van der Waals surface area contributed by atoms with Crippen molar-refractivity contribution in [2.24, 2.45) is 0 Å². The standard InChI is InChI=1S/C18H32N4O9/c1-12(24)19-15-17(26)16(25)14(10-23)31-18(15)30-8-7-28-5-6-29-11-13-9-22(21-20-13)3-4-27-2/h9,14-18,23,25-26H,3-8,10-11H2,1-2H3,(H,19,24)/t14?,15?,16-,17?,18+/m0/s1. The van der Waals surface area contributed by atoms with Gasteiger partial charge in [0, 0.05) is 14.0 Å². The van der Waals surface area contributed by atoms with E-state index in [1.165, 1.54) is 6.92 Å². The summed E-state index contributed by atoms with van der Waals surface area (Å²) in [4.78, 5) is 11.4. The van der Waals surface area contributed by atoms with Gasteiger partial charge >= 0.3 is 0 Å². The number of nitrogens with zero attached hydrogens (tertiary/aromatic N) is 3. The first kappa shape index (κ1) is 25.5. The van der Waals surface area contributed by atoms with Gasteiger partial charge in [0.1, 0.15) is 30.0 Å². The van der Waals surface area contributed by atoms with Gasteiger partial charge in [0.25, 0.3) is 0 Å². The fourth-order valence-corrected chi connectivity index (χ4v) is 2.93. The quantitative estimate of drug-likeness (QED) is 0.221. The number of nitrogens with one attached hydrogen (secondary N) is 1. The number of rotatable bonds is 14. The molecule has 2 heterocycles. The number of aromatic nitrogens is 3. The van der Waals surface area contributed by atoms with Crippen LogP contribution in [-0.2, 0) is 41.6 Å². The molecule has 1 aliphatic heterocycles. The summed E-state index contributed by atoms with van der Waals surface area (Å²) in [6, 6.07) is -0.976. The molecular formula is C18H32N4O9. The minimum atomic E-state index is -1.35. The molecule has 1 fully saturated rings. The van der Waals surface area contributed by atoms with Crippen molar-refractivity contribution in [3.05, 3.63) is 11.9 Å². The number of aliphatic hydroxyl groups is 3. The van der Waals surface area contributed by atoms with Crippen molar-refractivity contribution < 1.29 is 43.8 Å². The lowest BCUT2D eigenvalue weighted by Gasteiger charge is -2.42. The fourth-order valence-electron chi connectivity index (χ4n) is 2.93. The molecule has 178 valence electrons. The van der Waals surface area contributed by atoms with Crippen LogP contribution < -0.4 is 5.32 Å².